The predicted molar refractivity (Wildman–Crippen MR) is 391 cm³/mol. The van der Waals surface area contributed by atoms with Crippen molar-refractivity contribution in [1.29, 1.82) is 0 Å². The Labute approximate surface area is 561 Å². The fourth-order valence-corrected chi connectivity index (χ4v) is 18.4. The van der Waals surface area contributed by atoms with E-state index < -0.39 is 35.0 Å². The fraction of sp³-hybridized carbons (Fsp3) is 0.247. The second-order valence-electron chi connectivity index (χ2n) is 23.3. The van der Waals surface area contributed by atoms with Gasteiger partial charge < -0.3 is 19.6 Å². The molecule has 0 bridgehead atoms. The summed E-state index contributed by atoms with van der Waals surface area (Å²) >= 11 is -3.37. The minimum atomic E-state index is -1.75. The van der Waals surface area contributed by atoms with E-state index in [-0.39, 0.29) is 6.10 Å². The van der Waals surface area contributed by atoms with Gasteiger partial charge in [0, 0.05) is 48.9 Å². The normalized spacial score (nSPS) is 12.9. The molecule has 12 heteroatoms. The van der Waals surface area contributed by atoms with Gasteiger partial charge in [-0.25, -0.2) is 0 Å². The molecule has 89 heavy (non-hydrogen) atoms. The molecule has 1 N–H and O–H groups in total. The van der Waals surface area contributed by atoms with Crippen molar-refractivity contribution in [3.05, 3.63) is 285 Å². The number of ether oxygens (including phenoxy) is 1. The Morgan fingerprint density at radius 1 is 0.371 bits per heavy atom. The van der Waals surface area contributed by atoms with Crippen molar-refractivity contribution >= 4 is 94.6 Å². The molecule has 2 aliphatic rings. The van der Waals surface area contributed by atoms with Crippen molar-refractivity contribution in [2.24, 2.45) is 0 Å². The maximum atomic E-state index is 5.83. The average Bonchev–Trinajstić information content (AvgIpc) is 1.83. The first-order valence-electron chi connectivity index (χ1n) is 30.2. The van der Waals surface area contributed by atoms with E-state index in [0.29, 0.717) is 0 Å². The summed E-state index contributed by atoms with van der Waals surface area (Å²) in [6, 6.07) is 68.5. The van der Waals surface area contributed by atoms with Crippen LogP contribution >= 0.6 is 46.7 Å². The molecule has 9 aromatic rings. The van der Waals surface area contributed by atoms with Gasteiger partial charge in [0.2, 0.25) is 0 Å². The largest absolute Gasteiger partial charge is 0.102 e. The van der Waals surface area contributed by atoms with Gasteiger partial charge in [-0.1, -0.05) is 125 Å². The Balaban J connectivity index is 0.000000163. The van der Waals surface area contributed by atoms with E-state index in [2.05, 4.69) is 260 Å². The van der Waals surface area contributed by atoms with Crippen molar-refractivity contribution < 1.29 is 31.8 Å². The average molecular weight is 1460 g/mol. The van der Waals surface area contributed by atoms with Crippen molar-refractivity contribution in [3.63, 3.8) is 0 Å². The monoisotopic (exact) mass is 1460 g/mol. The summed E-state index contributed by atoms with van der Waals surface area (Å²) in [7, 11) is 22.1. The number of para-hydroxylation sites is 1. The number of aromatic hydroxyl groups is 1. The molecule has 472 valence electrons. The van der Waals surface area contributed by atoms with Crippen molar-refractivity contribution in [3.8, 4) is 5.75 Å². The number of hydrogen-bond acceptors (Lipinski definition) is 4. The van der Waals surface area contributed by atoms with Crippen LogP contribution in [0.15, 0.2) is 194 Å². The number of rotatable bonds is 11. The smallest absolute Gasteiger partial charge is 0.0620 e. The van der Waals surface area contributed by atoms with Crippen LogP contribution in [-0.4, -0.2) is 46.2 Å². The Morgan fingerprint density at radius 3 is 0.899 bits per heavy atom. The van der Waals surface area contributed by atoms with Crippen molar-refractivity contribution in [2.75, 3.05) is 45.8 Å². The predicted octanol–water partition coefficient (Wildman–Crippen LogP) is 19.3. The molecule has 11 rings (SSSR count). The number of hydrogen-bond donors (Lipinski definition) is 0. The molecule has 9 aromatic carbocycles. The van der Waals surface area contributed by atoms with E-state index >= 15 is 0 Å². The van der Waals surface area contributed by atoms with Crippen LogP contribution in [0.25, 0.3) is 0 Å². The number of nitrogens with zero attached hydrogens (tertiary/aromatic N) is 4. The molecule has 2 aliphatic heterocycles. The van der Waals surface area contributed by atoms with E-state index in [9.17, 15) is 0 Å². The summed E-state index contributed by atoms with van der Waals surface area (Å²) in [6.45, 7) is 39.2. The van der Waals surface area contributed by atoms with Gasteiger partial charge in [0.25, 0.3) is 0 Å². The van der Waals surface area contributed by atoms with E-state index in [1.54, 1.807) is 0 Å². The number of aryl methyl sites for hydroxylation is 12. The Kier molecular flexibility index (Phi) is 27.8. The molecular formula is C77H89Cl4N4OPRu2. The molecule has 0 radical (unpaired) electrons. The molecule has 0 saturated carbocycles. The number of aliphatic hydroxyl groups is 1. The molecule has 0 unspecified atom stereocenters. The van der Waals surface area contributed by atoms with Gasteiger partial charge in [-0.2, -0.15) is 13.3 Å². The molecule has 0 spiro atoms. The minimum absolute atomic E-state index is 0.288. The summed E-state index contributed by atoms with van der Waals surface area (Å²) in [5, 5.41) is 4.31. The van der Waals surface area contributed by atoms with Crippen LogP contribution in [0.3, 0.4) is 0 Å². The van der Waals surface area contributed by atoms with Gasteiger partial charge in [0.1, 0.15) is 15.9 Å². The second kappa shape index (κ2) is 34.8. The molecule has 0 aliphatic carbocycles. The number of halogens is 4. The first-order valence-corrected chi connectivity index (χ1v) is 42.6. The third-order valence-corrected chi connectivity index (χ3v) is 21.6. The third-order valence-electron chi connectivity index (χ3n) is 15.1. The molecule has 0 amide bonds. The molecule has 0 atom stereocenters. The van der Waals surface area contributed by atoms with Gasteiger partial charge >= 0.3 is 171 Å². The first kappa shape index (κ1) is 71.0. The van der Waals surface area contributed by atoms with Gasteiger partial charge in [0.05, 0.1) is 7.92 Å². The number of benzene rings is 9. The third kappa shape index (κ3) is 21.0. The SMILES string of the molecule is CC(C)[OH+]c1ccccc1[CH]=[Ru]([Cl])[Cl].Cc1cc(C)c(N2[CH-]N(c3c(C)cc(C)cc3C)CC2)c(C)c1.Cc1cc(C)c(N2[CH-]N(c3c(C)cc(C)cc3C)CC2)c(C)c1.[Cl][Ru]([Cl])=[CH]c1ccccc1.c1ccc([PH+](c2ccccc2)c2ccccc2)cc1. The standard InChI is InChI=1S/2C21H27N2.C18H15P.C10H12O.C7H6.4ClH.2Ru/c2*1-14-9-16(3)20(17(4)10-14)22-7-8-23(13-22)21-18(5)11-15(2)12-19(21)6;1-4-10-16(11-5-1)19(17-12-6-2-7-13-17)18-14-8-3-9-15-18;1-8(2)11-10-7-5-4-6-9(10)3;1-7-5-3-2-4-6-7;;;;;;/h2*9-13H,7-8H2,1-6H3;1-15H;3-8H,1-2H3;1-6H;4*1H;;/q2*-1;;;;;;;;2*+2/p-2. The molecule has 2 fully saturated rings. The van der Waals surface area contributed by atoms with Crippen LogP contribution in [0.5, 0.6) is 5.75 Å². The quantitative estimate of drug-likeness (QED) is 0.0558. The molecule has 5 nitrogen and oxygen atoms in total. The van der Waals surface area contributed by atoms with E-state index in [0.717, 1.165) is 43.1 Å². The number of anilines is 4. The molecular weight excluding hydrogens is 1370 g/mol. The van der Waals surface area contributed by atoms with Gasteiger partial charge in [-0.05, 0) is 164 Å². The second-order valence-corrected chi connectivity index (χ2v) is 37.2. The van der Waals surface area contributed by atoms with Crippen LogP contribution in [0.2, 0.25) is 0 Å². The van der Waals surface area contributed by atoms with Crippen LogP contribution in [0, 0.1) is 96.4 Å². The summed E-state index contributed by atoms with van der Waals surface area (Å²) < 4.78 is 8.34. The fourth-order valence-electron chi connectivity index (χ4n) is 12.2. The van der Waals surface area contributed by atoms with Gasteiger partial charge in [-0.3, -0.25) is 0 Å². The van der Waals surface area contributed by atoms with Crippen LogP contribution < -0.4 is 35.5 Å². The maximum absolute atomic E-state index is 5.83. The zero-order valence-corrected chi connectivity index (χ0v) is 61.6. The van der Waals surface area contributed by atoms with Crippen LogP contribution in [-0.2, 0) is 27.0 Å². The minimum Gasteiger partial charge on any atom is -0.0620 e. The molecule has 2 saturated heterocycles. The topological polar surface area (TPSA) is 25.8 Å². The summed E-state index contributed by atoms with van der Waals surface area (Å²) in [5.41, 5.74) is 23.8. The first-order chi connectivity index (χ1) is 42.6. The van der Waals surface area contributed by atoms with Crippen LogP contribution in [0.1, 0.15) is 91.7 Å². The Morgan fingerprint density at radius 2 is 0.629 bits per heavy atom. The van der Waals surface area contributed by atoms with E-state index in [1.165, 1.54) is 105 Å². The maximum Gasteiger partial charge on any atom is 0.102 e. The Bertz CT molecular complexity index is 3360. The summed E-state index contributed by atoms with van der Waals surface area (Å²) in [5.74, 6) is 0.975. The Hall–Kier alpha value is -5.44. The summed E-state index contributed by atoms with van der Waals surface area (Å²) in [4.78, 5) is 9.62. The van der Waals surface area contributed by atoms with Gasteiger partial charge in [-0.15, -0.1) is 0 Å². The van der Waals surface area contributed by atoms with Crippen LogP contribution in [0.4, 0.5) is 22.7 Å². The molecule has 0 aromatic heterocycles. The zero-order valence-electron chi connectivity index (χ0n) is 54.1. The van der Waals surface area contributed by atoms with E-state index in [4.69, 9.17) is 38.8 Å². The van der Waals surface area contributed by atoms with E-state index in [1.807, 2.05) is 77.7 Å². The van der Waals surface area contributed by atoms with Crippen molar-refractivity contribution in [2.45, 2.75) is 103 Å². The van der Waals surface area contributed by atoms with Crippen molar-refractivity contribution in [1.82, 2.24) is 0 Å². The zero-order chi connectivity index (χ0) is 64.3. The summed E-state index contributed by atoms with van der Waals surface area (Å²) in [6.07, 6.45) is 0.288. The molecule has 2 heterocycles. The van der Waals surface area contributed by atoms with Gasteiger partial charge in [0.15, 0.2) is 0 Å².